The van der Waals surface area contributed by atoms with Gasteiger partial charge in [-0.25, -0.2) is 4.79 Å². The van der Waals surface area contributed by atoms with Gasteiger partial charge in [-0.3, -0.25) is 19.5 Å². The maximum absolute atomic E-state index is 13.1. The summed E-state index contributed by atoms with van der Waals surface area (Å²) < 4.78 is 18.2. The summed E-state index contributed by atoms with van der Waals surface area (Å²) in [5, 5.41) is 12.1. The molecule has 4 atom stereocenters. The van der Waals surface area contributed by atoms with Crippen molar-refractivity contribution >= 4 is 17.9 Å². The van der Waals surface area contributed by atoms with E-state index in [1.165, 1.54) is 0 Å². The lowest BCUT2D eigenvalue weighted by Crippen LogP contribution is -2.41. The monoisotopic (exact) mass is 678 g/mol. The summed E-state index contributed by atoms with van der Waals surface area (Å²) in [5.41, 5.74) is 5.26. The topological polar surface area (TPSA) is 131 Å². The number of nitrogens with zero attached hydrogens (tertiary/aromatic N) is 3. The van der Waals surface area contributed by atoms with Gasteiger partial charge < -0.3 is 29.5 Å². The number of aliphatic hydroxyl groups is 1. The van der Waals surface area contributed by atoms with Crippen LogP contribution in [0.3, 0.4) is 0 Å². The van der Waals surface area contributed by atoms with Gasteiger partial charge in [-0.2, -0.15) is 0 Å². The Morgan fingerprint density at radius 3 is 2.36 bits per heavy atom. The molecular formula is C39H42N4O7. The van der Waals surface area contributed by atoms with E-state index in [-0.39, 0.29) is 44.3 Å². The van der Waals surface area contributed by atoms with E-state index < -0.39 is 24.3 Å². The van der Waals surface area contributed by atoms with Crippen LogP contribution in [0, 0.1) is 0 Å². The van der Waals surface area contributed by atoms with Crippen molar-refractivity contribution in [1.29, 1.82) is 0 Å². The molecule has 3 amide bonds. The van der Waals surface area contributed by atoms with Gasteiger partial charge in [0.1, 0.15) is 12.6 Å². The predicted octanol–water partition coefficient (Wildman–Crippen LogP) is 4.85. The van der Waals surface area contributed by atoms with Crippen LogP contribution in [0.25, 0.3) is 0 Å². The van der Waals surface area contributed by atoms with Crippen molar-refractivity contribution in [3.8, 4) is 0 Å². The average Bonchev–Trinajstić information content (AvgIpc) is 3.41. The second-order valence-electron chi connectivity index (χ2n) is 12.7. The van der Waals surface area contributed by atoms with E-state index in [0.717, 1.165) is 51.4 Å². The van der Waals surface area contributed by atoms with Crippen LogP contribution < -0.4 is 5.32 Å². The number of rotatable bonds is 13. The lowest BCUT2D eigenvalue weighted by atomic mass is 9.99. The number of likely N-dealkylation sites (N-methyl/N-ethyl adjacent to an activating group) is 1. The molecule has 2 fully saturated rings. The molecule has 1 aromatic heterocycles. The third-order valence-electron chi connectivity index (χ3n) is 8.95. The number of carbonyl (C=O) groups is 3. The smallest absolute Gasteiger partial charge is 0.408 e. The van der Waals surface area contributed by atoms with E-state index in [9.17, 15) is 19.5 Å². The van der Waals surface area contributed by atoms with Crippen LogP contribution in [0.4, 0.5) is 4.79 Å². The highest BCUT2D eigenvalue weighted by atomic mass is 16.7. The number of alkyl carbamates (subject to hydrolysis) is 1. The highest BCUT2D eigenvalue weighted by molar-refractivity contribution is 6.06. The van der Waals surface area contributed by atoms with Gasteiger partial charge in [0.25, 0.3) is 5.91 Å². The zero-order valence-corrected chi connectivity index (χ0v) is 28.0. The van der Waals surface area contributed by atoms with E-state index in [4.69, 9.17) is 14.2 Å². The molecule has 3 heterocycles. The van der Waals surface area contributed by atoms with Crippen LogP contribution in [-0.4, -0.2) is 70.1 Å². The fraction of sp³-hybridized carbons (Fsp3) is 0.333. The third kappa shape index (κ3) is 9.19. The number of carbonyl (C=O) groups excluding carboxylic acids is 3. The van der Waals surface area contributed by atoms with Gasteiger partial charge in [0.05, 0.1) is 31.8 Å². The summed E-state index contributed by atoms with van der Waals surface area (Å²) >= 11 is 0. The van der Waals surface area contributed by atoms with E-state index in [2.05, 4.69) is 22.2 Å². The molecule has 260 valence electrons. The zero-order chi connectivity index (χ0) is 34.9. The van der Waals surface area contributed by atoms with Crippen molar-refractivity contribution < 1.29 is 33.7 Å². The predicted molar refractivity (Wildman–Crippen MR) is 184 cm³/mol. The Morgan fingerprint density at radius 1 is 0.920 bits per heavy atom. The molecule has 2 aliphatic heterocycles. The molecule has 6 rings (SSSR count). The van der Waals surface area contributed by atoms with E-state index in [1.807, 2.05) is 97.1 Å². The molecule has 11 heteroatoms. The molecule has 3 aromatic carbocycles. The van der Waals surface area contributed by atoms with Gasteiger partial charge in [-0.15, -0.1) is 0 Å². The quantitative estimate of drug-likeness (QED) is 0.191. The number of hydrogen-bond acceptors (Lipinski definition) is 9. The molecule has 0 saturated carbocycles. The third-order valence-corrected chi connectivity index (χ3v) is 8.95. The number of aromatic nitrogens is 1. The number of pyridine rings is 1. The Hall–Kier alpha value is -4.94. The Labute approximate surface area is 291 Å². The SMILES string of the molecule is CN(CCc1ccccn1)C[C@@H]1C[C@H](c2ccc(CO)cc2)O[C@H](c2ccc(CN3C(=O)CC(NC(=O)OCc4ccccc4)C3=O)cc2)O1. The molecule has 2 aliphatic rings. The summed E-state index contributed by atoms with van der Waals surface area (Å²) in [6, 6.07) is 29.4. The van der Waals surface area contributed by atoms with Crippen LogP contribution >= 0.6 is 0 Å². The van der Waals surface area contributed by atoms with Crippen LogP contribution in [-0.2, 0) is 50.0 Å². The van der Waals surface area contributed by atoms with Crippen molar-refractivity contribution in [3.05, 3.63) is 137 Å². The number of hydrogen-bond donors (Lipinski definition) is 2. The minimum absolute atomic E-state index is 0.0271. The Kier molecular flexibility index (Phi) is 11.6. The number of nitrogens with one attached hydrogen (secondary N) is 1. The number of likely N-dealkylation sites (tertiary alicyclic amines) is 1. The first-order valence-electron chi connectivity index (χ1n) is 16.8. The minimum atomic E-state index is -0.975. The normalized spacial score (nSPS) is 20.7. The molecule has 0 aliphatic carbocycles. The highest BCUT2D eigenvalue weighted by Gasteiger charge is 2.40. The van der Waals surface area contributed by atoms with Crippen molar-refractivity contribution in [1.82, 2.24) is 20.1 Å². The first-order chi connectivity index (χ1) is 24.3. The molecule has 50 heavy (non-hydrogen) atoms. The van der Waals surface area contributed by atoms with Crippen LogP contribution in [0.15, 0.2) is 103 Å². The largest absolute Gasteiger partial charge is 0.445 e. The van der Waals surface area contributed by atoms with Crippen molar-refractivity contribution in [2.45, 2.75) is 63.6 Å². The molecule has 0 spiro atoms. The fourth-order valence-corrected chi connectivity index (χ4v) is 6.16. The minimum Gasteiger partial charge on any atom is -0.445 e. The molecule has 2 saturated heterocycles. The van der Waals surface area contributed by atoms with E-state index in [1.54, 1.807) is 6.20 Å². The second-order valence-corrected chi connectivity index (χ2v) is 12.7. The maximum atomic E-state index is 13.1. The summed E-state index contributed by atoms with van der Waals surface area (Å²) in [7, 11) is 2.07. The molecule has 11 nitrogen and oxygen atoms in total. The molecular weight excluding hydrogens is 636 g/mol. The van der Waals surface area contributed by atoms with Gasteiger partial charge in [0, 0.05) is 43.4 Å². The van der Waals surface area contributed by atoms with Gasteiger partial charge >= 0.3 is 6.09 Å². The Morgan fingerprint density at radius 2 is 1.64 bits per heavy atom. The van der Waals surface area contributed by atoms with Crippen molar-refractivity contribution in [2.75, 3.05) is 20.1 Å². The van der Waals surface area contributed by atoms with Gasteiger partial charge in [-0.1, -0.05) is 84.9 Å². The van der Waals surface area contributed by atoms with E-state index >= 15 is 0 Å². The molecule has 1 unspecified atom stereocenters. The van der Waals surface area contributed by atoms with Gasteiger partial charge in [-0.05, 0) is 41.4 Å². The number of ether oxygens (including phenoxy) is 3. The molecule has 0 bridgehead atoms. The molecule has 4 aromatic rings. The Balaban J connectivity index is 1.07. The number of imide groups is 1. The second kappa shape index (κ2) is 16.6. The average molecular weight is 679 g/mol. The van der Waals surface area contributed by atoms with E-state index in [0.29, 0.717) is 13.0 Å². The molecule has 0 radical (unpaired) electrons. The number of benzene rings is 3. The first-order valence-corrected chi connectivity index (χ1v) is 16.8. The summed E-state index contributed by atoms with van der Waals surface area (Å²) in [4.78, 5) is 46.0. The van der Waals surface area contributed by atoms with Crippen LogP contribution in [0.1, 0.15) is 58.7 Å². The van der Waals surface area contributed by atoms with Crippen molar-refractivity contribution in [2.24, 2.45) is 0 Å². The lowest BCUT2D eigenvalue weighted by molar-refractivity contribution is -0.252. The first kappa shape index (κ1) is 34.9. The Bertz CT molecular complexity index is 1720. The summed E-state index contributed by atoms with van der Waals surface area (Å²) in [6.45, 7) is 1.63. The summed E-state index contributed by atoms with van der Waals surface area (Å²) in [5.74, 6) is -0.837. The van der Waals surface area contributed by atoms with Gasteiger partial charge in [0.15, 0.2) is 6.29 Å². The maximum Gasteiger partial charge on any atom is 0.408 e. The number of aliphatic hydroxyl groups excluding tert-OH is 1. The summed E-state index contributed by atoms with van der Waals surface area (Å²) in [6.07, 6.45) is 1.44. The van der Waals surface area contributed by atoms with Gasteiger partial charge in [0.2, 0.25) is 5.91 Å². The van der Waals surface area contributed by atoms with Crippen LogP contribution in [0.2, 0.25) is 0 Å². The van der Waals surface area contributed by atoms with Crippen molar-refractivity contribution in [3.63, 3.8) is 0 Å². The zero-order valence-electron chi connectivity index (χ0n) is 28.0. The number of amides is 3. The standard InChI is InChI=1S/C39H42N4O7/c1-42(20-18-32-9-5-6-19-40-32)24-33-21-35(30-14-12-28(25-44)13-15-30)50-38(49-33)31-16-10-27(11-17-31)23-43-36(45)22-34(37(43)46)41-39(47)48-26-29-7-3-2-4-8-29/h2-17,19,33-35,38,44H,18,20-26H2,1H3,(H,41,47)/t33-,34?,35+,38+/m0/s1. The van der Waals surface area contributed by atoms with Crippen LogP contribution in [0.5, 0.6) is 0 Å². The highest BCUT2D eigenvalue weighted by Crippen LogP contribution is 2.38. The lowest BCUT2D eigenvalue weighted by Gasteiger charge is -2.38. The fourth-order valence-electron chi connectivity index (χ4n) is 6.16. The molecule has 2 N–H and O–H groups in total.